The quantitative estimate of drug-likeness (QED) is 0.670. The molecule has 0 saturated carbocycles. The van der Waals surface area contributed by atoms with Gasteiger partial charge in [0.1, 0.15) is 6.61 Å². The summed E-state index contributed by atoms with van der Waals surface area (Å²) in [4.78, 5) is 0. The van der Waals surface area contributed by atoms with Crippen molar-refractivity contribution in [3.05, 3.63) is 0 Å². The molecule has 0 spiro atoms. The van der Waals surface area contributed by atoms with Crippen molar-refractivity contribution >= 4 is 0 Å². The first kappa shape index (κ1) is 11.8. The summed E-state index contributed by atoms with van der Waals surface area (Å²) >= 11 is 0. The van der Waals surface area contributed by atoms with Crippen molar-refractivity contribution in [2.45, 2.75) is 26.4 Å². The molecule has 0 aliphatic carbocycles. The van der Waals surface area contributed by atoms with Gasteiger partial charge in [-0.2, -0.15) is 0 Å². The third-order valence-corrected chi connectivity index (χ3v) is 1.59. The molecule has 0 heterocycles. The number of rotatable bonds is 6. The Morgan fingerprint density at radius 3 is 2.25 bits per heavy atom. The van der Waals surface area contributed by atoms with Crippen molar-refractivity contribution in [1.82, 2.24) is 5.32 Å². The highest BCUT2D eigenvalue weighted by Crippen LogP contribution is 2.07. The van der Waals surface area contributed by atoms with E-state index in [9.17, 15) is 8.78 Å². The minimum Gasteiger partial charge on any atom is -0.371 e. The third-order valence-electron chi connectivity index (χ3n) is 1.59. The van der Waals surface area contributed by atoms with Crippen LogP contribution in [0.5, 0.6) is 0 Å². The number of likely N-dealkylation sites (N-methyl/N-ethyl adjacent to an activating group) is 1. The fraction of sp³-hybridized carbons (Fsp3) is 1.00. The van der Waals surface area contributed by atoms with E-state index < -0.39 is 13.0 Å². The second kappa shape index (κ2) is 6.31. The number of hydrogen-bond acceptors (Lipinski definition) is 2. The molecule has 0 amide bonds. The van der Waals surface area contributed by atoms with E-state index in [0.29, 0.717) is 6.54 Å². The van der Waals surface area contributed by atoms with Gasteiger partial charge in [0.2, 0.25) is 0 Å². The molecule has 0 rings (SSSR count). The fourth-order valence-electron chi connectivity index (χ4n) is 0.885. The molecule has 0 aromatic heterocycles. The summed E-state index contributed by atoms with van der Waals surface area (Å²) in [5.41, 5.74) is 0. The molecule has 12 heavy (non-hydrogen) atoms. The van der Waals surface area contributed by atoms with Crippen LogP contribution in [0, 0.1) is 5.92 Å². The van der Waals surface area contributed by atoms with Crippen molar-refractivity contribution in [1.29, 1.82) is 0 Å². The third kappa shape index (κ3) is 5.43. The summed E-state index contributed by atoms with van der Waals surface area (Å²) in [5, 5.41) is 2.90. The molecule has 0 radical (unpaired) electrons. The van der Waals surface area contributed by atoms with Crippen molar-refractivity contribution in [2.24, 2.45) is 5.92 Å². The smallest absolute Gasteiger partial charge is 0.261 e. The van der Waals surface area contributed by atoms with E-state index in [1.165, 1.54) is 0 Å². The Morgan fingerprint density at radius 1 is 1.33 bits per heavy atom. The number of alkyl halides is 2. The van der Waals surface area contributed by atoms with Crippen molar-refractivity contribution in [2.75, 3.05) is 20.2 Å². The van der Waals surface area contributed by atoms with Gasteiger partial charge in [-0.3, -0.25) is 0 Å². The van der Waals surface area contributed by atoms with Crippen molar-refractivity contribution < 1.29 is 13.5 Å². The molecule has 74 valence electrons. The Kier molecular flexibility index (Phi) is 6.20. The second-order valence-electron chi connectivity index (χ2n) is 3.06. The van der Waals surface area contributed by atoms with E-state index in [0.717, 1.165) is 0 Å². The molecule has 4 heteroatoms. The molecule has 1 N–H and O–H groups in total. The van der Waals surface area contributed by atoms with Crippen LogP contribution < -0.4 is 5.32 Å². The van der Waals surface area contributed by atoms with Gasteiger partial charge in [0.25, 0.3) is 6.43 Å². The van der Waals surface area contributed by atoms with Crippen LogP contribution in [0.4, 0.5) is 8.78 Å². The van der Waals surface area contributed by atoms with Crippen LogP contribution in [-0.2, 0) is 4.74 Å². The summed E-state index contributed by atoms with van der Waals surface area (Å²) in [5.74, 6) is 0.260. The van der Waals surface area contributed by atoms with E-state index in [1.54, 1.807) is 7.05 Å². The van der Waals surface area contributed by atoms with Crippen LogP contribution in [0.2, 0.25) is 0 Å². The average molecular weight is 181 g/mol. The molecule has 0 aromatic carbocycles. The van der Waals surface area contributed by atoms with Gasteiger partial charge in [-0.05, 0) is 13.0 Å². The lowest BCUT2D eigenvalue weighted by Gasteiger charge is -2.20. The summed E-state index contributed by atoms with van der Waals surface area (Å²) < 4.78 is 28.5. The highest BCUT2D eigenvalue weighted by atomic mass is 19.3. The summed E-state index contributed by atoms with van der Waals surface area (Å²) in [6.07, 6.45) is -2.49. The predicted octanol–water partition coefficient (Wildman–Crippen LogP) is 1.51. The molecule has 1 atom stereocenters. The van der Waals surface area contributed by atoms with Crippen LogP contribution in [0.1, 0.15) is 13.8 Å². The normalized spacial score (nSPS) is 14.2. The van der Waals surface area contributed by atoms with Gasteiger partial charge in [-0.15, -0.1) is 0 Å². The van der Waals surface area contributed by atoms with Crippen molar-refractivity contribution in [3.8, 4) is 0 Å². The van der Waals surface area contributed by atoms with E-state index in [1.807, 2.05) is 13.8 Å². The van der Waals surface area contributed by atoms with Gasteiger partial charge in [0.05, 0.1) is 6.10 Å². The minimum atomic E-state index is -2.37. The van der Waals surface area contributed by atoms with Gasteiger partial charge < -0.3 is 10.1 Å². The zero-order chi connectivity index (χ0) is 9.56. The molecule has 0 aliphatic heterocycles. The topological polar surface area (TPSA) is 21.3 Å². The standard InChI is InChI=1S/C8H17F2NO/c1-6(2)7(4-11-3)12-5-8(9)10/h6-8,11H,4-5H2,1-3H3. The van der Waals surface area contributed by atoms with Gasteiger partial charge in [-0.1, -0.05) is 13.8 Å². The molecule has 0 bridgehead atoms. The number of hydrogen-bond donors (Lipinski definition) is 1. The SMILES string of the molecule is CNCC(OCC(F)F)C(C)C. The zero-order valence-corrected chi connectivity index (χ0v) is 7.81. The lowest BCUT2D eigenvalue weighted by molar-refractivity contribution is -0.0394. The van der Waals surface area contributed by atoms with E-state index in [-0.39, 0.29) is 12.0 Å². The largest absolute Gasteiger partial charge is 0.371 e. The van der Waals surface area contributed by atoms with Crippen LogP contribution in [0.15, 0.2) is 0 Å². The monoisotopic (exact) mass is 181 g/mol. The lowest BCUT2D eigenvalue weighted by Crippen LogP contribution is -2.32. The molecule has 0 fully saturated rings. The van der Waals surface area contributed by atoms with Crippen LogP contribution in [0.3, 0.4) is 0 Å². The van der Waals surface area contributed by atoms with E-state index >= 15 is 0 Å². The van der Waals surface area contributed by atoms with Gasteiger partial charge in [-0.25, -0.2) is 8.78 Å². The van der Waals surface area contributed by atoms with Crippen LogP contribution in [-0.4, -0.2) is 32.7 Å². The minimum absolute atomic E-state index is 0.121. The first-order chi connectivity index (χ1) is 5.57. The highest BCUT2D eigenvalue weighted by molar-refractivity contribution is 4.64. The highest BCUT2D eigenvalue weighted by Gasteiger charge is 2.14. The van der Waals surface area contributed by atoms with Gasteiger partial charge >= 0.3 is 0 Å². The number of nitrogens with one attached hydrogen (secondary N) is 1. The zero-order valence-electron chi connectivity index (χ0n) is 7.81. The van der Waals surface area contributed by atoms with Crippen LogP contribution in [0.25, 0.3) is 0 Å². The summed E-state index contributed by atoms with van der Waals surface area (Å²) in [6, 6.07) is 0. The molecule has 2 nitrogen and oxygen atoms in total. The lowest BCUT2D eigenvalue weighted by atomic mass is 10.1. The Bertz CT molecular complexity index is 109. The van der Waals surface area contributed by atoms with E-state index in [2.05, 4.69) is 5.32 Å². The second-order valence-corrected chi connectivity index (χ2v) is 3.06. The Hall–Kier alpha value is -0.220. The predicted molar refractivity (Wildman–Crippen MR) is 44.5 cm³/mol. The molecule has 0 aliphatic rings. The molecule has 0 saturated heterocycles. The van der Waals surface area contributed by atoms with Gasteiger partial charge in [0, 0.05) is 6.54 Å². The van der Waals surface area contributed by atoms with Crippen LogP contribution >= 0.6 is 0 Å². The Balaban J connectivity index is 3.63. The molecule has 1 unspecified atom stereocenters. The summed E-state index contributed by atoms with van der Waals surface area (Å²) in [7, 11) is 1.78. The molecular formula is C8H17F2NO. The first-order valence-electron chi connectivity index (χ1n) is 4.12. The summed E-state index contributed by atoms with van der Waals surface area (Å²) in [6.45, 7) is 4.05. The maximum atomic E-state index is 11.8. The van der Waals surface area contributed by atoms with Gasteiger partial charge in [0.15, 0.2) is 0 Å². The number of ether oxygens (including phenoxy) is 1. The average Bonchev–Trinajstić information content (AvgIpc) is 1.96. The maximum absolute atomic E-state index is 11.8. The molecule has 0 aromatic rings. The van der Waals surface area contributed by atoms with Crippen molar-refractivity contribution in [3.63, 3.8) is 0 Å². The Labute approximate surface area is 72.3 Å². The fourth-order valence-corrected chi connectivity index (χ4v) is 0.885. The van der Waals surface area contributed by atoms with E-state index in [4.69, 9.17) is 4.74 Å². The maximum Gasteiger partial charge on any atom is 0.261 e. The molecular weight excluding hydrogens is 164 g/mol. The number of halogens is 2. The first-order valence-corrected chi connectivity index (χ1v) is 4.12. The Morgan fingerprint density at radius 2 is 1.92 bits per heavy atom.